The summed E-state index contributed by atoms with van der Waals surface area (Å²) in [4.78, 5) is -0.478. The van der Waals surface area contributed by atoms with Crippen molar-refractivity contribution >= 4 is 11.8 Å². The first-order chi connectivity index (χ1) is 11.7. The number of allylic oxidation sites excluding steroid dienone is 3. The van der Waals surface area contributed by atoms with Gasteiger partial charge in [0.1, 0.15) is 5.82 Å². The Hall–Kier alpha value is -1.51. The molecule has 0 aliphatic heterocycles. The Labute approximate surface area is 149 Å². The molecule has 1 aliphatic rings. The molecule has 0 heterocycles. The van der Waals surface area contributed by atoms with Gasteiger partial charge in [0, 0.05) is 10.3 Å². The highest BCUT2D eigenvalue weighted by Crippen LogP contribution is 2.55. The summed E-state index contributed by atoms with van der Waals surface area (Å²) < 4.78 is 105. The van der Waals surface area contributed by atoms with Crippen molar-refractivity contribution in [2.75, 3.05) is 0 Å². The molecule has 0 radical (unpaired) electrons. The minimum atomic E-state index is -6.40. The zero-order chi connectivity index (χ0) is 20.0. The summed E-state index contributed by atoms with van der Waals surface area (Å²) in [6.45, 7) is 3.01. The van der Waals surface area contributed by atoms with Crippen molar-refractivity contribution in [3.8, 4) is 0 Å². The van der Waals surface area contributed by atoms with Gasteiger partial charge in [-0.2, -0.15) is 30.7 Å². The van der Waals surface area contributed by atoms with Gasteiger partial charge in [0.15, 0.2) is 0 Å². The molecule has 1 aromatic carbocycles. The standard InChI is InChI=1S/C17H14F8S/c1-10-7-11(26-17(24,25)15(19,20)16(21,22)23)9-14(2,8-10)12-5-3-4-6-13(12)18/h3-7,9H,8H2,1-2H3. The lowest BCUT2D eigenvalue weighted by Crippen LogP contribution is -2.50. The number of benzene rings is 1. The Morgan fingerprint density at radius 1 is 1.00 bits per heavy atom. The van der Waals surface area contributed by atoms with Crippen LogP contribution in [0.3, 0.4) is 0 Å². The lowest BCUT2D eigenvalue weighted by atomic mass is 9.75. The molecule has 1 aromatic rings. The van der Waals surface area contributed by atoms with Crippen LogP contribution in [0.1, 0.15) is 25.8 Å². The molecular formula is C17H14F8S. The van der Waals surface area contributed by atoms with Gasteiger partial charge >= 0.3 is 17.4 Å². The van der Waals surface area contributed by atoms with Gasteiger partial charge in [-0.25, -0.2) is 4.39 Å². The molecule has 0 spiro atoms. The van der Waals surface area contributed by atoms with E-state index in [2.05, 4.69) is 0 Å². The second-order valence-electron chi connectivity index (χ2n) is 6.30. The van der Waals surface area contributed by atoms with Gasteiger partial charge in [0.2, 0.25) is 0 Å². The lowest BCUT2D eigenvalue weighted by molar-refractivity contribution is -0.330. The van der Waals surface area contributed by atoms with Crippen LogP contribution in [0.5, 0.6) is 0 Å². The number of alkyl halides is 7. The smallest absolute Gasteiger partial charge is 0.207 e. The van der Waals surface area contributed by atoms with Crippen LogP contribution in [0.15, 0.2) is 46.9 Å². The summed E-state index contributed by atoms with van der Waals surface area (Å²) in [5, 5.41) is -5.42. The van der Waals surface area contributed by atoms with Crippen LogP contribution in [0.25, 0.3) is 0 Å². The first kappa shape index (κ1) is 20.8. The van der Waals surface area contributed by atoms with E-state index in [0.717, 1.165) is 18.2 Å². The maximum Gasteiger partial charge on any atom is 0.460 e. The molecule has 0 amide bonds. The highest BCUT2D eigenvalue weighted by Gasteiger charge is 2.73. The third kappa shape index (κ3) is 3.77. The van der Waals surface area contributed by atoms with Crippen molar-refractivity contribution in [3.05, 3.63) is 58.3 Å². The third-order valence-electron chi connectivity index (χ3n) is 3.95. The SMILES string of the molecule is CC1=CC(SC(F)(F)C(F)(F)C(F)(F)F)=CC(C)(c2ccccc2F)C1. The van der Waals surface area contributed by atoms with Crippen LogP contribution >= 0.6 is 11.8 Å². The normalized spacial score (nSPS) is 22.1. The van der Waals surface area contributed by atoms with Crippen LogP contribution in [0.2, 0.25) is 0 Å². The van der Waals surface area contributed by atoms with Crippen molar-refractivity contribution in [2.24, 2.45) is 0 Å². The van der Waals surface area contributed by atoms with Gasteiger partial charge < -0.3 is 0 Å². The van der Waals surface area contributed by atoms with E-state index < -0.39 is 45.3 Å². The van der Waals surface area contributed by atoms with E-state index in [4.69, 9.17) is 0 Å². The summed E-state index contributed by atoms with van der Waals surface area (Å²) >= 11 is -0.878. The highest BCUT2D eigenvalue weighted by molar-refractivity contribution is 8.04. The average Bonchev–Trinajstić information content (AvgIpc) is 2.44. The van der Waals surface area contributed by atoms with E-state index in [1.165, 1.54) is 32.0 Å². The molecule has 0 saturated carbocycles. The number of thioether (sulfide) groups is 1. The lowest BCUT2D eigenvalue weighted by Gasteiger charge is -2.33. The minimum absolute atomic E-state index is 0.136. The maximum atomic E-state index is 14.1. The highest BCUT2D eigenvalue weighted by atomic mass is 32.2. The van der Waals surface area contributed by atoms with Gasteiger partial charge in [0.25, 0.3) is 0 Å². The van der Waals surface area contributed by atoms with Gasteiger partial charge in [-0.15, -0.1) is 0 Å². The molecule has 1 unspecified atom stereocenters. The maximum absolute atomic E-state index is 14.1. The number of hydrogen-bond acceptors (Lipinski definition) is 1. The molecule has 0 fully saturated rings. The van der Waals surface area contributed by atoms with Crippen LogP contribution in [-0.4, -0.2) is 17.4 Å². The third-order valence-corrected chi connectivity index (χ3v) is 4.94. The fourth-order valence-corrected chi connectivity index (χ4v) is 3.93. The van der Waals surface area contributed by atoms with Crippen LogP contribution in [0.4, 0.5) is 35.1 Å². The topological polar surface area (TPSA) is 0 Å². The van der Waals surface area contributed by atoms with E-state index in [1.54, 1.807) is 0 Å². The first-order valence-corrected chi connectivity index (χ1v) is 8.18. The Morgan fingerprint density at radius 3 is 2.12 bits per heavy atom. The predicted molar refractivity (Wildman–Crippen MR) is 83.7 cm³/mol. The van der Waals surface area contributed by atoms with E-state index in [0.29, 0.717) is 5.57 Å². The van der Waals surface area contributed by atoms with Crippen molar-refractivity contribution in [2.45, 2.75) is 43.0 Å². The van der Waals surface area contributed by atoms with E-state index in [9.17, 15) is 35.1 Å². The van der Waals surface area contributed by atoms with E-state index in [-0.39, 0.29) is 12.0 Å². The molecule has 0 aromatic heterocycles. The largest absolute Gasteiger partial charge is 0.460 e. The van der Waals surface area contributed by atoms with Crippen molar-refractivity contribution in [1.82, 2.24) is 0 Å². The molecular weight excluding hydrogens is 388 g/mol. The first-order valence-electron chi connectivity index (χ1n) is 7.36. The molecule has 1 aliphatic carbocycles. The number of rotatable bonds is 4. The molecule has 0 saturated heterocycles. The Balaban J connectivity index is 2.43. The van der Waals surface area contributed by atoms with Crippen molar-refractivity contribution in [1.29, 1.82) is 0 Å². The zero-order valence-corrected chi connectivity index (χ0v) is 14.4. The Morgan fingerprint density at radius 2 is 1.58 bits per heavy atom. The summed E-state index contributed by atoms with van der Waals surface area (Å²) in [6, 6.07) is 5.51. The van der Waals surface area contributed by atoms with Crippen molar-refractivity contribution in [3.63, 3.8) is 0 Å². The average molecular weight is 402 g/mol. The van der Waals surface area contributed by atoms with E-state index >= 15 is 0 Å². The summed E-state index contributed by atoms with van der Waals surface area (Å²) in [6.07, 6.45) is -3.98. The molecule has 9 heteroatoms. The summed E-state index contributed by atoms with van der Waals surface area (Å²) in [5.41, 5.74) is -0.570. The van der Waals surface area contributed by atoms with Gasteiger partial charge in [-0.1, -0.05) is 36.8 Å². The molecule has 144 valence electrons. The quantitative estimate of drug-likeness (QED) is 0.497. The Bertz CT molecular complexity index is 747. The fraction of sp³-hybridized carbons (Fsp3) is 0.412. The number of halogens is 8. The monoisotopic (exact) mass is 402 g/mol. The molecule has 0 bridgehead atoms. The summed E-state index contributed by atoms with van der Waals surface area (Å²) in [7, 11) is 0. The zero-order valence-electron chi connectivity index (χ0n) is 13.6. The molecule has 0 N–H and O–H groups in total. The summed E-state index contributed by atoms with van der Waals surface area (Å²) in [5.74, 6) is -6.84. The second-order valence-corrected chi connectivity index (χ2v) is 7.49. The minimum Gasteiger partial charge on any atom is -0.207 e. The molecule has 2 rings (SSSR count). The molecule has 0 nitrogen and oxygen atoms in total. The van der Waals surface area contributed by atoms with Gasteiger partial charge in [-0.3, -0.25) is 0 Å². The number of hydrogen-bond donors (Lipinski definition) is 0. The van der Waals surface area contributed by atoms with Crippen LogP contribution < -0.4 is 0 Å². The van der Waals surface area contributed by atoms with Crippen LogP contribution in [-0.2, 0) is 5.41 Å². The van der Waals surface area contributed by atoms with Gasteiger partial charge in [-0.05, 0) is 42.8 Å². The Kier molecular flexibility index (Phi) is 5.26. The van der Waals surface area contributed by atoms with Gasteiger partial charge in [0.05, 0.1) is 0 Å². The molecule has 26 heavy (non-hydrogen) atoms. The fourth-order valence-electron chi connectivity index (χ4n) is 2.81. The molecule has 1 atom stereocenters. The van der Waals surface area contributed by atoms with E-state index in [1.807, 2.05) is 0 Å². The predicted octanol–water partition coefficient (Wildman–Crippen LogP) is 6.84. The van der Waals surface area contributed by atoms with Crippen LogP contribution in [0, 0.1) is 5.82 Å². The van der Waals surface area contributed by atoms with Crippen molar-refractivity contribution < 1.29 is 35.1 Å². The second kappa shape index (κ2) is 6.58.